The molecule has 0 radical (unpaired) electrons. The number of para-hydroxylation sites is 1. The van der Waals surface area contributed by atoms with Crippen molar-refractivity contribution in [3.8, 4) is 11.4 Å². The monoisotopic (exact) mass is 345 g/mol. The molecule has 26 heavy (non-hydrogen) atoms. The fourth-order valence-corrected chi connectivity index (χ4v) is 3.09. The molecule has 0 fully saturated rings. The second kappa shape index (κ2) is 7.23. The van der Waals surface area contributed by atoms with E-state index in [-0.39, 0.29) is 5.91 Å². The van der Waals surface area contributed by atoms with Crippen molar-refractivity contribution in [1.29, 1.82) is 0 Å². The first-order valence-electron chi connectivity index (χ1n) is 8.60. The number of aromatic amines is 2. The zero-order chi connectivity index (χ0) is 17.8. The lowest BCUT2D eigenvalue weighted by atomic mass is 10.1. The van der Waals surface area contributed by atoms with Crippen molar-refractivity contribution >= 4 is 22.5 Å². The Labute approximate surface area is 150 Å². The van der Waals surface area contributed by atoms with Crippen LogP contribution in [-0.4, -0.2) is 26.1 Å². The summed E-state index contributed by atoms with van der Waals surface area (Å²) >= 11 is 0. The number of hydrogen-bond donors (Lipinski definition) is 3. The Morgan fingerprint density at radius 1 is 1.12 bits per heavy atom. The zero-order valence-electron chi connectivity index (χ0n) is 14.2. The Kier molecular flexibility index (Phi) is 4.47. The molecule has 0 aliphatic rings. The summed E-state index contributed by atoms with van der Waals surface area (Å²) in [5.41, 5.74) is 4.03. The van der Waals surface area contributed by atoms with Gasteiger partial charge in [-0.15, -0.1) is 0 Å². The molecule has 0 aliphatic carbocycles. The second-order valence-corrected chi connectivity index (χ2v) is 6.18. The van der Waals surface area contributed by atoms with E-state index in [1.54, 1.807) is 0 Å². The number of carbonyl (C=O) groups excluding carboxylic acids is 1. The van der Waals surface area contributed by atoms with Crippen LogP contribution in [0.1, 0.15) is 18.4 Å². The van der Waals surface area contributed by atoms with Crippen molar-refractivity contribution in [2.45, 2.75) is 19.3 Å². The van der Waals surface area contributed by atoms with Crippen LogP contribution in [0.2, 0.25) is 0 Å². The maximum absolute atomic E-state index is 12.2. The lowest BCUT2D eigenvalue weighted by molar-refractivity contribution is -0.116. The van der Waals surface area contributed by atoms with Crippen molar-refractivity contribution < 1.29 is 4.79 Å². The van der Waals surface area contributed by atoms with Gasteiger partial charge in [0.2, 0.25) is 5.91 Å². The minimum absolute atomic E-state index is 0.0135. The van der Waals surface area contributed by atoms with Gasteiger partial charge in [-0.3, -0.25) is 9.89 Å². The van der Waals surface area contributed by atoms with Gasteiger partial charge in [-0.2, -0.15) is 5.10 Å². The molecule has 0 unspecified atom stereocenters. The first-order chi connectivity index (χ1) is 12.8. The second-order valence-electron chi connectivity index (χ2n) is 6.18. The topological polar surface area (TPSA) is 86.5 Å². The van der Waals surface area contributed by atoms with Crippen molar-refractivity contribution in [3.63, 3.8) is 0 Å². The zero-order valence-corrected chi connectivity index (χ0v) is 14.2. The van der Waals surface area contributed by atoms with E-state index in [1.807, 2.05) is 42.6 Å². The van der Waals surface area contributed by atoms with Crippen LogP contribution < -0.4 is 5.32 Å². The van der Waals surface area contributed by atoms with Gasteiger partial charge < -0.3 is 10.3 Å². The van der Waals surface area contributed by atoms with Crippen LogP contribution in [0.25, 0.3) is 22.3 Å². The van der Waals surface area contributed by atoms with E-state index in [1.165, 1.54) is 17.3 Å². The molecule has 0 atom stereocenters. The number of nitrogens with one attached hydrogen (secondary N) is 3. The maximum Gasteiger partial charge on any atom is 0.224 e. The third kappa shape index (κ3) is 3.49. The molecule has 2 heterocycles. The molecule has 0 aliphatic heterocycles. The molecule has 6 heteroatoms. The highest BCUT2D eigenvalue weighted by molar-refractivity contribution is 5.91. The summed E-state index contributed by atoms with van der Waals surface area (Å²) in [6, 6.07) is 15.8. The summed E-state index contributed by atoms with van der Waals surface area (Å²) in [7, 11) is 0. The Hall–Kier alpha value is -3.41. The minimum Gasteiger partial charge on any atom is -0.361 e. The summed E-state index contributed by atoms with van der Waals surface area (Å²) in [6.07, 6.45) is 5.64. The summed E-state index contributed by atoms with van der Waals surface area (Å²) in [5.74, 6) is 0.694. The first-order valence-corrected chi connectivity index (χ1v) is 8.60. The molecule has 1 amide bonds. The van der Waals surface area contributed by atoms with Crippen molar-refractivity contribution in [2.24, 2.45) is 0 Å². The normalized spacial score (nSPS) is 10.9. The van der Waals surface area contributed by atoms with Crippen LogP contribution in [0.4, 0.5) is 5.69 Å². The van der Waals surface area contributed by atoms with Crippen LogP contribution in [-0.2, 0) is 11.2 Å². The van der Waals surface area contributed by atoms with Crippen molar-refractivity contribution in [1.82, 2.24) is 20.2 Å². The largest absolute Gasteiger partial charge is 0.361 e. The smallest absolute Gasteiger partial charge is 0.224 e. The molecule has 6 nitrogen and oxygen atoms in total. The predicted octanol–water partition coefficient (Wildman–Crippen LogP) is 3.91. The van der Waals surface area contributed by atoms with Crippen LogP contribution in [0.5, 0.6) is 0 Å². The predicted molar refractivity (Wildman–Crippen MR) is 102 cm³/mol. The molecule has 2 aromatic heterocycles. The summed E-state index contributed by atoms with van der Waals surface area (Å²) in [5, 5.41) is 10.9. The maximum atomic E-state index is 12.2. The van der Waals surface area contributed by atoms with Gasteiger partial charge in [-0.25, -0.2) is 4.98 Å². The number of carbonyl (C=O) groups is 1. The van der Waals surface area contributed by atoms with Gasteiger partial charge in [-0.05, 0) is 36.6 Å². The average molecular weight is 345 g/mol. The van der Waals surface area contributed by atoms with Gasteiger partial charge in [0, 0.05) is 34.8 Å². The standard InChI is InChI=1S/C20H19N5O/c26-19(10-4-6-15-12-21-18-9-2-1-8-17(15)18)24-16-7-3-5-14(11-16)20-22-13-23-25-20/h1-3,5,7-9,11-13,21H,4,6,10H2,(H,24,26)(H,22,23,25). The van der Waals surface area contributed by atoms with E-state index >= 15 is 0 Å². The van der Waals surface area contributed by atoms with Gasteiger partial charge >= 0.3 is 0 Å². The lowest BCUT2D eigenvalue weighted by Gasteiger charge is -2.06. The lowest BCUT2D eigenvalue weighted by Crippen LogP contribution is -2.11. The van der Waals surface area contributed by atoms with Gasteiger partial charge in [0.15, 0.2) is 5.82 Å². The number of benzene rings is 2. The molecule has 0 bridgehead atoms. The number of rotatable bonds is 6. The Bertz CT molecular complexity index is 1020. The van der Waals surface area contributed by atoms with Crippen molar-refractivity contribution in [2.75, 3.05) is 5.32 Å². The van der Waals surface area contributed by atoms with Crippen LogP contribution in [0.3, 0.4) is 0 Å². The fourth-order valence-electron chi connectivity index (χ4n) is 3.09. The molecule has 0 saturated heterocycles. The van der Waals surface area contributed by atoms with Crippen LogP contribution in [0, 0.1) is 0 Å². The molecule has 4 rings (SSSR count). The number of amides is 1. The third-order valence-electron chi connectivity index (χ3n) is 4.36. The molecule has 0 saturated carbocycles. The van der Waals surface area contributed by atoms with E-state index in [4.69, 9.17) is 0 Å². The highest BCUT2D eigenvalue weighted by Gasteiger charge is 2.07. The van der Waals surface area contributed by atoms with E-state index in [2.05, 4.69) is 37.6 Å². The molecule has 130 valence electrons. The van der Waals surface area contributed by atoms with E-state index in [0.717, 1.165) is 29.6 Å². The Balaban J connectivity index is 1.34. The van der Waals surface area contributed by atoms with Crippen molar-refractivity contribution in [3.05, 3.63) is 66.6 Å². The van der Waals surface area contributed by atoms with E-state index in [0.29, 0.717) is 12.2 Å². The molecular weight excluding hydrogens is 326 g/mol. The number of fused-ring (bicyclic) bond motifs is 1. The SMILES string of the molecule is O=C(CCCc1c[nH]c2ccccc12)Nc1cccc(-c2ncn[nH]2)c1. The van der Waals surface area contributed by atoms with E-state index in [9.17, 15) is 4.79 Å². The minimum atomic E-state index is 0.0135. The molecule has 4 aromatic rings. The Morgan fingerprint density at radius 2 is 2.04 bits per heavy atom. The fraction of sp³-hybridized carbons (Fsp3) is 0.150. The average Bonchev–Trinajstić information content (AvgIpc) is 3.32. The molecule has 0 spiro atoms. The number of hydrogen-bond acceptors (Lipinski definition) is 3. The van der Waals surface area contributed by atoms with Gasteiger partial charge in [0.1, 0.15) is 6.33 Å². The quantitative estimate of drug-likeness (QED) is 0.495. The third-order valence-corrected chi connectivity index (χ3v) is 4.36. The van der Waals surface area contributed by atoms with Gasteiger partial charge in [0.25, 0.3) is 0 Å². The Morgan fingerprint density at radius 3 is 2.92 bits per heavy atom. The van der Waals surface area contributed by atoms with Crippen LogP contribution in [0.15, 0.2) is 61.1 Å². The molecule has 2 aromatic carbocycles. The highest BCUT2D eigenvalue weighted by atomic mass is 16.1. The van der Waals surface area contributed by atoms with Gasteiger partial charge in [0.05, 0.1) is 0 Å². The summed E-state index contributed by atoms with van der Waals surface area (Å²) in [6.45, 7) is 0. The number of nitrogens with zero attached hydrogens (tertiary/aromatic N) is 2. The number of aromatic nitrogens is 4. The summed E-state index contributed by atoms with van der Waals surface area (Å²) < 4.78 is 0. The molecule has 3 N–H and O–H groups in total. The number of H-pyrrole nitrogens is 2. The molecular formula is C20H19N5O. The highest BCUT2D eigenvalue weighted by Crippen LogP contribution is 2.21. The van der Waals surface area contributed by atoms with Gasteiger partial charge in [-0.1, -0.05) is 30.3 Å². The number of aryl methyl sites for hydroxylation is 1. The summed E-state index contributed by atoms with van der Waals surface area (Å²) in [4.78, 5) is 19.6. The van der Waals surface area contributed by atoms with E-state index < -0.39 is 0 Å². The number of anilines is 1. The first kappa shape index (κ1) is 16.1. The van der Waals surface area contributed by atoms with Crippen LogP contribution >= 0.6 is 0 Å².